The molecular formula is C22H22FN3O7S. The molecule has 12 heteroatoms. The average molecular weight is 491 g/mol. The molecule has 1 aliphatic heterocycles. The van der Waals surface area contributed by atoms with Gasteiger partial charge in [-0.15, -0.1) is 0 Å². The summed E-state index contributed by atoms with van der Waals surface area (Å²) in [5.74, 6) is -3.28. The summed E-state index contributed by atoms with van der Waals surface area (Å²) in [7, 11) is -3.62. The van der Waals surface area contributed by atoms with Crippen LogP contribution >= 0.6 is 0 Å². The van der Waals surface area contributed by atoms with E-state index in [-0.39, 0.29) is 23.5 Å². The molecule has 34 heavy (non-hydrogen) atoms. The lowest BCUT2D eigenvalue weighted by Gasteiger charge is -2.26. The first-order valence-corrected chi connectivity index (χ1v) is 11.6. The molecule has 0 aliphatic carbocycles. The average Bonchev–Trinajstić information content (AvgIpc) is 2.85. The maximum Gasteiger partial charge on any atom is 0.331 e. The van der Waals surface area contributed by atoms with E-state index < -0.39 is 40.2 Å². The van der Waals surface area contributed by atoms with Crippen LogP contribution in [0.2, 0.25) is 0 Å². The molecule has 1 saturated heterocycles. The van der Waals surface area contributed by atoms with Gasteiger partial charge in [-0.25, -0.2) is 17.6 Å². The number of hydrogen-bond acceptors (Lipinski definition) is 7. The molecule has 0 unspecified atom stereocenters. The Bertz CT molecular complexity index is 1180. The summed E-state index contributed by atoms with van der Waals surface area (Å²) in [6.07, 6.45) is 2.46. The number of sulfonamides is 1. The molecule has 0 saturated carbocycles. The van der Waals surface area contributed by atoms with E-state index in [2.05, 4.69) is 0 Å². The molecule has 2 amide bonds. The molecule has 0 radical (unpaired) electrons. The number of rotatable bonds is 7. The molecule has 0 bridgehead atoms. The van der Waals surface area contributed by atoms with Crippen LogP contribution in [-0.2, 0) is 29.1 Å². The zero-order chi connectivity index (χ0) is 24.6. The van der Waals surface area contributed by atoms with Gasteiger partial charge in [0.15, 0.2) is 6.61 Å². The van der Waals surface area contributed by atoms with Gasteiger partial charge in [0, 0.05) is 19.2 Å². The van der Waals surface area contributed by atoms with Gasteiger partial charge in [-0.3, -0.25) is 20.4 Å². The third kappa shape index (κ3) is 6.70. The zero-order valence-corrected chi connectivity index (χ0v) is 18.7. The van der Waals surface area contributed by atoms with E-state index in [1.165, 1.54) is 52.8 Å². The van der Waals surface area contributed by atoms with Crippen LogP contribution in [-0.4, -0.2) is 63.4 Å². The third-order valence-corrected chi connectivity index (χ3v) is 6.59. The summed E-state index contributed by atoms with van der Waals surface area (Å²) in [6, 6.07) is 11.1. The Kier molecular flexibility index (Phi) is 8.46. The van der Waals surface area contributed by atoms with Crippen LogP contribution in [0.25, 0.3) is 6.08 Å². The van der Waals surface area contributed by atoms with Crippen LogP contribution in [0.15, 0.2) is 59.5 Å². The lowest BCUT2D eigenvalue weighted by atomic mass is 10.2. The zero-order valence-electron chi connectivity index (χ0n) is 17.9. The predicted molar refractivity (Wildman–Crippen MR) is 118 cm³/mol. The molecule has 2 N–H and O–H groups in total. The highest BCUT2D eigenvalue weighted by molar-refractivity contribution is 7.89. The number of esters is 1. The molecule has 180 valence electrons. The first-order chi connectivity index (χ1) is 16.3. The summed E-state index contributed by atoms with van der Waals surface area (Å²) < 4.78 is 50.0. The van der Waals surface area contributed by atoms with Gasteiger partial charge in [0.05, 0.1) is 23.7 Å². The summed E-state index contributed by atoms with van der Waals surface area (Å²) >= 11 is 0. The van der Waals surface area contributed by atoms with E-state index in [0.29, 0.717) is 18.8 Å². The fourth-order valence-corrected chi connectivity index (χ4v) is 4.32. The van der Waals surface area contributed by atoms with Crippen molar-refractivity contribution in [3.05, 3.63) is 71.6 Å². The summed E-state index contributed by atoms with van der Waals surface area (Å²) in [4.78, 5) is 35.5. The fourth-order valence-electron chi connectivity index (χ4n) is 2.91. The first kappa shape index (κ1) is 25.0. The minimum atomic E-state index is -3.62. The van der Waals surface area contributed by atoms with Gasteiger partial charge in [-0.05, 0) is 35.9 Å². The van der Waals surface area contributed by atoms with E-state index >= 15 is 0 Å². The Labute approximate surface area is 195 Å². The maximum absolute atomic E-state index is 13.5. The van der Waals surface area contributed by atoms with E-state index in [1.54, 1.807) is 0 Å². The highest BCUT2D eigenvalue weighted by atomic mass is 32.2. The molecule has 3 rings (SSSR count). The van der Waals surface area contributed by atoms with Crippen molar-refractivity contribution in [2.24, 2.45) is 0 Å². The molecule has 1 aliphatic rings. The van der Waals surface area contributed by atoms with Crippen LogP contribution < -0.4 is 10.9 Å². The molecular weight excluding hydrogens is 469 g/mol. The SMILES string of the molecule is O=C(COC(=O)/C=C/c1ccc(S(=O)(=O)N2CCOCC2)cc1)NNC(=O)c1ccccc1F. The van der Waals surface area contributed by atoms with Crippen LogP contribution in [0.5, 0.6) is 0 Å². The number of hydrazine groups is 1. The fraction of sp³-hybridized carbons (Fsp3) is 0.227. The van der Waals surface area contributed by atoms with Crippen molar-refractivity contribution >= 4 is 33.9 Å². The number of benzene rings is 2. The Morgan fingerprint density at radius 2 is 1.71 bits per heavy atom. The van der Waals surface area contributed by atoms with Crippen LogP contribution in [0, 0.1) is 5.82 Å². The van der Waals surface area contributed by atoms with E-state index in [0.717, 1.165) is 12.1 Å². The summed E-state index contributed by atoms with van der Waals surface area (Å²) in [6.45, 7) is 0.584. The predicted octanol–water partition coefficient (Wildman–Crippen LogP) is 0.864. The minimum Gasteiger partial charge on any atom is -0.452 e. The molecule has 2 aromatic rings. The summed E-state index contributed by atoms with van der Waals surface area (Å²) in [5, 5.41) is 0. The van der Waals surface area contributed by atoms with Crippen molar-refractivity contribution in [2.75, 3.05) is 32.9 Å². The lowest BCUT2D eigenvalue weighted by molar-refractivity contribution is -0.144. The van der Waals surface area contributed by atoms with Gasteiger partial charge in [-0.1, -0.05) is 24.3 Å². The van der Waals surface area contributed by atoms with Gasteiger partial charge >= 0.3 is 5.97 Å². The highest BCUT2D eigenvalue weighted by Crippen LogP contribution is 2.18. The van der Waals surface area contributed by atoms with Gasteiger partial charge in [0.2, 0.25) is 10.0 Å². The number of amides is 2. The second-order valence-electron chi connectivity index (χ2n) is 7.01. The monoisotopic (exact) mass is 491 g/mol. The topological polar surface area (TPSA) is 131 Å². The van der Waals surface area contributed by atoms with Gasteiger partial charge in [0.1, 0.15) is 5.82 Å². The summed E-state index contributed by atoms with van der Waals surface area (Å²) in [5.41, 5.74) is 4.31. The number of halogens is 1. The number of hydrogen-bond donors (Lipinski definition) is 2. The normalized spacial score (nSPS) is 14.5. The quantitative estimate of drug-likeness (QED) is 0.334. The van der Waals surface area contributed by atoms with Crippen LogP contribution in [0.3, 0.4) is 0 Å². The van der Waals surface area contributed by atoms with E-state index in [9.17, 15) is 27.2 Å². The first-order valence-electron chi connectivity index (χ1n) is 10.1. The number of carbonyl (C=O) groups excluding carboxylic acids is 3. The van der Waals surface area contributed by atoms with E-state index in [1.807, 2.05) is 10.9 Å². The molecule has 0 aromatic heterocycles. The van der Waals surface area contributed by atoms with Crippen LogP contribution in [0.1, 0.15) is 15.9 Å². The van der Waals surface area contributed by atoms with Gasteiger partial charge < -0.3 is 9.47 Å². The smallest absolute Gasteiger partial charge is 0.331 e. The second kappa shape index (κ2) is 11.5. The van der Waals surface area contributed by atoms with Crippen molar-refractivity contribution in [3.8, 4) is 0 Å². The molecule has 2 aromatic carbocycles. The van der Waals surface area contributed by atoms with Crippen molar-refractivity contribution in [3.63, 3.8) is 0 Å². The third-order valence-electron chi connectivity index (χ3n) is 4.68. The number of carbonyl (C=O) groups is 3. The molecule has 1 heterocycles. The second-order valence-corrected chi connectivity index (χ2v) is 8.95. The highest BCUT2D eigenvalue weighted by Gasteiger charge is 2.26. The van der Waals surface area contributed by atoms with Crippen molar-refractivity contribution in [1.29, 1.82) is 0 Å². The molecule has 10 nitrogen and oxygen atoms in total. The largest absolute Gasteiger partial charge is 0.452 e. The molecule has 0 atom stereocenters. The van der Waals surface area contributed by atoms with Crippen molar-refractivity contribution in [2.45, 2.75) is 4.90 Å². The van der Waals surface area contributed by atoms with Gasteiger partial charge in [0.25, 0.3) is 11.8 Å². The number of nitrogens with zero attached hydrogens (tertiary/aromatic N) is 1. The van der Waals surface area contributed by atoms with Crippen LogP contribution in [0.4, 0.5) is 4.39 Å². The molecule has 1 fully saturated rings. The number of nitrogens with one attached hydrogen (secondary N) is 2. The minimum absolute atomic E-state index is 0.128. The Morgan fingerprint density at radius 1 is 1.03 bits per heavy atom. The Hall–Kier alpha value is -3.61. The Balaban J connectivity index is 1.45. The van der Waals surface area contributed by atoms with E-state index in [4.69, 9.17) is 9.47 Å². The lowest BCUT2D eigenvalue weighted by Crippen LogP contribution is -2.43. The van der Waals surface area contributed by atoms with Crippen molar-refractivity contribution in [1.82, 2.24) is 15.2 Å². The van der Waals surface area contributed by atoms with Crippen molar-refractivity contribution < 1.29 is 36.7 Å². The number of morpholine rings is 1. The number of ether oxygens (including phenoxy) is 2. The standard InChI is InChI=1S/C22H22FN3O7S/c23-19-4-2-1-3-18(19)22(29)25-24-20(27)15-33-21(28)10-7-16-5-8-17(9-6-16)34(30,31)26-11-13-32-14-12-26/h1-10H,11-15H2,(H,24,27)(H,25,29)/b10-7+. The molecule has 0 spiro atoms. The maximum atomic E-state index is 13.5. The Morgan fingerprint density at radius 3 is 2.38 bits per heavy atom. The van der Waals surface area contributed by atoms with Gasteiger partial charge in [-0.2, -0.15) is 4.31 Å².